The van der Waals surface area contributed by atoms with Crippen LogP contribution in [0.5, 0.6) is 5.75 Å². The van der Waals surface area contributed by atoms with E-state index in [0.29, 0.717) is 18.3 Å². The van der Waals surface area contributed by atoms with Gasteiger partial charge in [0.15, 0.2) is 6.19 Å². The average molecular weight is 452 g/mol. The fourth-order valence-electron chi connectivity index (χ4n) is 4.91. The van der Waals surface area contributed by atoms with Gasteiger partial charge in [-0.25, -0.2) is 9.37 Å². The molecular weight excluding hydrogens is 429 g/mol. The Morgan fingerprint density at radius 1 is 1.12 bits per heavy atom. The number of aromatic nitrogens is 2. The predicted octanol–water partition coefficient (Wildman–Crippen LogP) is 5.04. The van der Waals surface area contributed by atoms with E-state index in [4.69, 9.17) is 9.72 Å². The van der Waals surface area contributed by atoms with Crippen molar-refractivity contribution in [3.8, 4) is 11.9 Å². The predicted molar refractivity (Wildman–Crippen MR) is 130 cm³/mol. The quantitative estimate of drug-likeness (QED) is 0.349. The van der Waals surface area contributed by atoms with E-state index in [2.05, 4.69) is 46.1 Å². The Morgan fingerprint density at radius 2 is 1.97 bits per heavy atom. The topological polar surface area (TPSA) is 66.1 Å². The van der Waals surface area contributed by atoms with Crippen molar-refractivity contribution in [2.75, 3.05) is 25.5 Å². The third kappa shape index (κ3) is 3.40. The molecule has 1 fully saturated rings. The summed E-state index contributed by atoms with van der Waals surface area (Å²) in [5.74, 6) is 0.770. The van der Waals surface area contributed by atoms with Gasteiger partial charge in [-0.05, 0) is 59.7 Å². The Kier molecular flexibility index (Phi) is 4.82. The number of ether oxygens (including phenoxy) is 1. The van der Waals surface area contributed by atoms with Gasteiger partial charge in [0.25, 0.3) is 0 Å². The molecule has 168 valence electrons. The van der Waals surface area contributed by atoms with Crippen LogP contribution in [0.1, 0.15) is 28.3 Å². The molecule has 7 heteroatoms. The molecule has 1 aromatic heterocycles. The Hall–Kier alpha value is -4.15. The van der Waals surface area contributed by atoms with Crippen LogP contribution < -0.4 is 10.1 Å². The number of benzene rings is 3. The molecule has 2 aliphatic rings. The van der Waals surface area contributed by atoms with E-state index in [1.807, 2.05) is 30.5 Å². The number of nitrogens with zero attached hydrogens (tertiary/aromatic N) is 4. The van der Waals surface area contributed by atoms with Crippen molar-refractivity contribution in [1.29, 1.82) is 5.26 Å². The second kappa shape index (κ2) is 8.01. The van der Waals surface area contributed by atoms with Crippen LogP contribution in [0.3, 0.4) is 0 Å². The highest BCUT2D eigenvalue weighted by molar-refractivity contribution is 5.96. The summed E-state index contributed by atoms with van der Waals surface area (Å²) in [7, 11) is 2.08. The second-order valence-electron chi connectivity index (χ2n) is 8.81. The molecule has 4 aromatic rings. The molecule has 1 N–H and O–H groups in total. The number of fused-ring (bicyclic) bond motifs is 3. The first-order valence-electron chi connectivity index (χ1n) is 11.2. The van der Waals surface area contributed by atoms with Crippen molar-refractivity contribution in [2.45, 2.75) is 12.6 Å². The molecule has 0 saturated carbocycles. The lowest BCUT2D eigenvalue weighted by atomic mass is 9.92. The number of hydrogen-bond donors (Lipinski definition) is 1. The van der Waals surface area contributed by atoms with Gasteiger partial charge in [0, 0.05) is 24.7 Å². The Bertz CT molecular complexity index is 1490. The van der Waals surface area contributed by atoms with Gasteiger partial charge >= 0.3 is 0 Å². The number of imidazole rings is 1. The molecule has 6 nitrogen and oxygen atoms in total. The van der Waals surface area contributed by atoms with E-state index < -0.39 is 0 Å². The van der Waals surface area contributed by atoms with Crippen molar-refractivity contribution in [3.05, 3.63) is 88.7 Å². The summed E-state index contributed by atoms with van der Waals surface area (Å²) in [6.45, 7) is 2.22. The highest BCUT2D eigenvalue weighted by Crippen LogP contribution is 2.39. The lowest BCUT2D eigenvalue weighted by molar-refractivity contribution is 0.145. The largest absolute Gasteiger partial charge is 0.488 e. The zero-order valence-electron chi connectivity index (χ0n) is 18.6. The lowest BCUT2D eigenvalue weighted by Gasteiger charge is -2.37. The van der Waals surface area contributed by atoms with E-state index in [-0.39, 0.29) is 11.9 Å². The van der Waals surface area contributed by atoms with E-state index in [1.54, 1.807) is 6.07 Å². The minimum atomic E-state index is -0.324. The number of halogens is 1. The third-order valence-electron chi connectivity index (χ3n) is 6.53. The summed E-state index contributed by atoms with van der Waals surface area (Å²) in [4.78, 5) is 6.94. The summed E-state index contributed by atoms with van der Waals surface area (Å²) in [5, 5.41) is 12.0. The number of hydrogen-bond acceptors (Lipinski definition) is 5. The fraction of sp³-hybridized carbons (Fsp3) is 0.185. The number of rotatable bonds is 3. The highest BCUT2D eigenvalue weighted by Gasteiger charge is 2.29. The van der Waals surface area contributed by atoms with Gasteiger partial charge in [-0.1, -0.05) is 30.3 Å². The van der Waals surface area contributed by atoms with E-state index in [0.717, 1.165) is 51.9 Å². The van der Waals surface area contributed by atoms with Gasteiger partial charge in [0.2, 0.25) is 5.95 Å². The van der Waals surface area contributed by atoms with Gasteiger partial charge in [-0.2, -0.15) is 5.26 Å². The van der Waals surface area contributed by atoms with Crippen molar-refractivity contribution in [2.24, 2.45) is 0 Å². The van der Waals surface area contributed by atoms with Gasteiger partial charge < -0.3 is 14.2 Å². The van der Waals surface area contributed by atoms with Gasteiger partial charge in [-0.15, -0.1) is 0 Å². The standard InChI is InChI=1S/C27H22FN5O/c1-32-13-20(14-32)33-25-9-6-17(11-24(25)31-27(33)30-16-29)10-23-21-5-3-2-4-18(21)15-34-26-12-19(28)7-8-22(23)26/h2-12,20H,13-15H2,1H3,(H,30,31). The van der Waals surface area contributed by atoms with Gasteiger partial charge in [0.05, 0.1) is 17.1 Å². The Labute approximate surface area is 196 Å². The minimum Gasteiger partial charge on any atom is -0.488 e. The average Bonchev–Trinajstić information content (AvgIpc) is 3.08. The summed E-state index contributed by atoms with van der Waals surface area (Å²) in [6.07, 6.45) is 4.10. The number of anilines is 1. The van der Waals surface area contributed by atoms with Crippen molar-refractivity contribution in [3.63, 3.8) is 0 Å². The number of likely N-dealkylation sites (tertiary alicyclic amines) is 1. The monoisotopic (exact) mass is 451 g/mol. The first-order valence-corrected chi connectivity index (χ1v) is 11.2. The van der Waals surface area contributed by atoms with Crippen LogP contribution in [0.2, 0.25) is 0 Å². The molecule has 2 aliphatic heterocycles. The zero-order chi connectivity index (χ0) is 23.2. The number of nitrogens with one attached hydrogen (secondary N) is 1. The molecule has 0 bridgehead atoms. The highest BCUT2D eigenvalue weighted by atomic mass is 19.1. The molecule has 3 heterocycles. The van der Waals surface area contributed by atoms with Gasteiger partial charge in [0.1, 0.15) is 18.2 Å². The SMILES string of the molecule is CN1CC(n2c(NC#N)nc3cc(C=C4c5ccccc5COc5cc(F)ccc54)ccc32)C1. The molecule has 3 aromatic carbocycles. The molecule has 0 amide bonds. The van der Waals surface area contributed by atoms with Crippen LogP contribution in [0.15, 0.2) is 60.7 Å². The molecular formula is C27H22FN5O. The third-order valence-corrected chi connectivity index (χ3v) is 6.53. The van der Waals surface area contributed by atoms with Crippen LogP contribution in [0.4, 0.5) is 10.3 Å². The summed E-state index contributed by atoms with van der Waals surface area (Å²) < 4.78 is 22.0. The van der Waals surface area contributed by atoms with Crippen LogP contribution in [0, 0.1) is 17.3 Å². The Morgan fingerprint density at radius 3 is 2.79 bits per heavy atom. The molecule has 0 spiro atoms. The zero-order valence-corrected chi connectivity index (χ0v) is 18.6. The molecule has 0 atom stereocenters. The molecule has 34 heavy (non-hydrogen) atoms. The first kappa shape index (κ1) is 20.5. The smallest absolute Gasteiger partial charge is 0.217 e. The maximum absolute atomic E-state index is 14.0. The maximum atomic E-state index is 14.0. The first-order chi connectivity index (χ1) is 16.6. The van der Waals surface area contributed by atoms with Gasteiger partial charge in [-0.3, -0.25) is 5.32 Å². The van der Waals surface area contributed by atoms with E-state index in [1.165, 1.54) is 12.1 Å². The number of nitriles is 1. The van der Waals surface area contributed by atoms with Crippen molar-refractivity contribution >= 4 is 28.6 Å². The van der Waals surface area contributed by atoms with Crippen molar-refractivity contribution in [1.82, 2.24) is 14.5 Å². The maximum Gasteiger partial charge on any atom is 0.217 e. The molecule has 1 saturated heterocycles. The van der Waals surface area contributed by atoms with E-state index >= 15 is 0 Å². The van der Waals surface area contributed by atoms with Crippen LogP contribution in [-0.4, -0.2) is 34.6 Å². The Balaban J connectivity index is 1.50. The van der Waals surface area contributed by atoms with Crippen molar-refractivity contribution < 1.29 is 9.13 Å². The van der Waals surface area contributed by atoms with Crippen LogP contribution in [-0.2, 0) is 6.61 Å². The molecule has 0 unspecified atom stereocenters. The number of likely N-dealkylation sites (N-methyl/N-ethyl adjacent to an activating group) is 1. The van der Waals surface area contributed by atoms with E-state index in [9.17, 15) is 9.65 Å². The molecule has 0 aliphatic carbocycles. The summed E-state index contributed by atoms with van der Waals surface area (Å²) >= 11 is 0. The lowest BCUT2D eigenvalue weighted by Crippen LogP contribution is -2.45. The minimum absolute atomic E-state index is 0.280. The fourth-order valence-corrected chi connectivity index (χ4v) is 4.91. The summed E-state index contributed by atoms with van der Waals surface area (Å²) in [6, 6.07) is 19.2. The molecule has 0 radical (unpaired) electrons. The van der Waals surface area contributed by atoms with Crippen LogP contribution >= 0.6 is 0 Å². The van der Waals surface area contributed by atoms with Crippen LogP contribution in [0.25, 0.3) is 22.7 Å². The molecule has 6 rings (SSSR count). The summed E-state index contributed by atoms with van der Waals surface area (Å²) in [5.41, 5.74) is 6.70. The second-order valence-corrected chi connectivity index (χ2v) is 8.81. The normalized spacial score (nSPS) is 16.8.